The molecule has 0 heterocycles. The molecule has 0 fully saturated rings. The van der Waals surface area contributed by atoms with Crippen molar-refractivity contribution in [2.45, 2.75) is 47.5 Å². The Balaban J connectivity index is 0. The maximum Gasteiger partial charge on any atom is 0.308 e. The molecule has 0 aliphatic heterocycles. The second kappa shape index (κ2) is 15.6. The summed E-state index contributed by atoms with van der Waals surface area (Å²) in [5.74, 6) is -0.790. The fourth-order valence-electron chi connectivity index (χ4n) is 1.23. The molecule has 0 aliphatic carbocycles. The summed E-state index contributed by atoms with van der Waals surface area (Å²) < 4.78 is 9.60. The minimum absolute atomic E-state index is 0.0495. The number of aliphatic hydroxyl groups is 1. The Bertz CT molecular complexity index is 422. The highest BCUT2D eigenvalue weighted by Crippen LogP contribution is 2.03. The first-order chi connectivity index (χ1) is 11.7. The Morgan fingerprint density at radius 2 is 1.44 bits per heavy atom. The van der Waals surface area contributed by atoms with Crippen molar-refractivity contribution in [2.24, 2.45) is 11.8 Å². The molecule has 7 nitrogen and oxygen atoms in total. The van der Waals surface area contributed by atoms with Crippen molar-refractivity contribution in [1.29, 1.82) is 0 Å². The summed E-state index contributed by atoms with van der Waals surface area (Å²) in [6, 6.07) is 0. The number of rotatable bonds is 10. The average Bonchev–Trinajstić information content (AvgIpc) is 2.61. The number of ether oxygens (including phenoxy) is 2. The van der Waals surface area contributed by atoms with E-state index in [4.69, 9.17) is 9.84 Å². The third kappa shape index (κ3) is 14.2. The van der Waals surface area contributed by atoms with E-state index in [0.29, 0.717) is 12.1 Å². The van der Waals surface area contributed by atoms with Crippen LogP contribution < -0.4 is 5.32 Å². The Kier molecular flexibility index (Phi) is 15.8. The lowest BCUT2D eigenvalue weighted by Gasteiger charge is -2.09. The van der Waals surface area contributed by atoms with Crippen LogP contribution in [0.3, 0.4) is 0 Å². The van der Waals surface area contributed by atoms with Crippen LogP contribution in [0.4, 0.5) is 0 Å². The highest BCUT2D eigenvalue weighted by molar-refractivity contribution is 5.92. The molecule has 0 saturated carbocycles. The van der Waals surface area contributed by atoms with Crippen LogP contribution >= 0.6 is 0 Å². The van der Waals surface area contributed by atoms with Crippen LogP contribution in [0.1, 0.15) is 47.5 Å². The molecule has 0 radical (unpaired) electrons. The molecule has 0 aromatic heterocycles. The molecule has 0 aliphatic rings. The highest BCUT2D eigenvalue weighted by atomic mass is 16.5. The molecule has 2 N–H and O–H groups in total. The normalized spacial score (nSPS) is 12.1. The Hall–Kier alpha value is -1.89. The summed E-state index contributed by atoms with van der Waals surface area (Å²) in [5, 5.41) is 10.9. The second-order valence-corrected chi connectivity index (χ2v) is 5.71. The number of amides is 1. The van der Waals surface area contributed by atoms with Crippen LogP contribution in [0, 0.1) is 11.8 Å². The van der Waals surface area contributed by atoms with Crippen LogP contribution in [-0.2, 0) is 23.9 Å². The Morgan fingerprint density at radius 1 is 1.00 bits per heavy atom. The van der Waals surface area contributed by atoms with E-state index in [1.807, 2.05) is 20.8 Å². The molecule has 0 rings (SSSR count). The van der Waals surface area contributed by atoms with Crippen molar-refractivity contribution >= 4 is 17.8 Å². The van der Waals surface area contributed by atoms with Gasteiger partial charge in [-0.3, -0.25) is 14.4 Å². The van der Waals surface area contributed by atoms with E-state index in [1.54, 1.807) is 13.8 Å². The SMILES string of the molecule is C=C(C)C(=O)NCCOC(=O)C(C)CC.CCC(C)C(=O)OCCO. The zero-order valence-electron chi connectivity index (χ0n) is 16.1. The summed E-state index contributed by atoms with van der Waals surface area (Å²) in [7, 11) is 0. The van der Waals surface area contributed by atoms with Gasteiger partial charge in [0.15, 0.2) is 0 Å². The maximum absolute atomic E-state index is 11.2. The number of carbonyl (C=O) groups excluding carboxylic acids is 3. The summed E-state index contributed by atoms with van der Waals surface area (Å²) >= 11 is 0. The van der Waals surface area contributed by atoms with E-state index in [-0.39, 0.29) is 49.5 Å². The number of hydrogen-bond acceptors (Lipinski definition) is 6. The van der Waals surface area contributed by atoms with Gasteiger partial charge in [0.25, 0.3) is 0 Å². The van der Waals surface area contributed by atoms with Crippen LogP contribution in [0.25, 0.3) is 0 Å². The molecule has 146 valence electrons. The first kappa shape index (κ1) is 25.4. The lowest BCUT2D eigenvalue weighted by molar-refractivity contribution is -0.149. The maximum atomic E-state index is 11.2. The molecule has 0 spiro atoms. The number of nitrogens with one attached hydrogen (secondary N) is 1. The molecule has 0 aromatic carbocycles. The summed E-state index contributed by atoms with van der Waals surface area (Å²) in [4.78, 5) is 33.0. The molecule has 0 bridgehead atoms. The van der Waals surface area contributed by atoms with Crippen molar-refractivity contribution < 1.29 is 29.0 Å². The van der Waals surface area contributed by atoms with Crippen molar-refractivity contribution in [2.75, 3.05) is 26.4 Å². The fourth-order valence-corrected chi connectivity index (χ4v) is 1.23. The van der Waals surface area contributed by atoms with Gasteiger partial charge in [-0.05, 0) is 19.8 Å². The Morgan fingerprint density at radius 3 is 1.80 bits per heavy atom. The molecule has 2 atom stereocenters. The number of hydrogen-bond donors (Lipinski definition) is 2. The molecule has 0 aromatic rings. The van der Waals surface area contributed by atoms with Gasteiger partial charge in [0.2, 0.25) is 5.91 Å². The van der Waals surface area contributed by atoms with E-state index in [2.05, 4.69) is 16.6 Å². The molecule has 2 unspecified atom stereocenters. The van der Waals surface area contributed by atoms with Crippen molar-refractivity contribution in [1.82, 2.24) is 5.32 Å². The predicted molar refractivity (Wildman–Crippen MR) is 95.7 cm³/mol. The van der Waals surface area contributed by atoms with Crippen molar-refractivity contribution in [3.63, 3.8) is 0 Å². The van der Waals surface area contributed by atoms with Gasteiger partial charge >= 0.3 is 11.9 Å². The Labute approximate surface area is 150 Å². The summed E-state index contributed by atoms with van der Waals surface area (Å²) in [6.07, 6.45) is 1.54. The third-order valence-electron chi connectivity index (χ3n) is 3.38. The second-order valence-electron chi connectivity index (χ2n) is 5.71. The number of aliphatic hydroxyl groups excluding tert-OH is 1. The van der Waals surface area contributed by atoms with Crippen LogP contribution in [0.5, 0.6) is 0 Å². The molecule has 0 saturated heterocycles. The van der Waals surface area contributed by atoms with Crippen molar-refractivity contribution in [3.8, 4) is 0 Å². The lowest BCUT2D eigenvalue weighted by atomic mass is 10.1. The topological polar surface area (TPSA) is 102 Å². The average molecular weight is 359 g/mol. The van der Waals surface area contributed by atoms with E-state index < -0.39 is 0 Å². The molecule has 25 heavy (non-hydrogen) atoms. The largest absolute Gasteiger partial charge is 0.464 e. The standard InChI is InChI=1S/C11H19NO3.C7H14O3/c1-5-9(4)11(14)15-7-6-12-10(13)8(2)3;1-3-6(2)7(9)10-5-4-8/h9H,2,5-7H2,1,3-4H3,(H,12,13);6,8H,3-5H2,1-2H3. The van der Waals surface area contributed by atoms with Gasteiger partial charge < -0.3 is 19.9 Å². The van der Waals surface area contributed by atoms with Gasteiger partial charge in [0.05, 0.1) is 25.0 Å². The zero-order chi connectivity index (χ0) is 19.8. The minimum Gasteiger partial charge on any atom is -0.464 e. The van der Waals surface area contributed by atoms with Gasteiger partial charge in [-0.2, -0.15) is 0 Å². The monoisotopic (exact) mass is 359 g/mol. The molecule has 1 amide bonds. The van der Waals surface area contributed by atoms with Gasteiger partial charge in [0, 0.05) is 5.57 Å². The lowest BCUT2D eigenvalue weighted by Crippen LogP contribution is -2.29. The van der Waals surface area contributed by atoms with Gasteiger partial charge in [-0.1, -0.05) is 34.3 Å². The predicted octanol–water partition coefficient (Wildman–Crippen LogP) is 1.84. The van der Waals surface area contributed by atoms with Crippen LogP contribution in [0.2, 0.25) is 0 Å². The highest BCUT2D eigenvalue weighted by Gasteiger charge is 2.11. The quantitative estimate of drug-likeness (QED) is 0.350. The van der Waals surface area contributed by atoms with Gasteiger partial charge in [-0.25, -0.2) is 0 Å². The molecular weight excluding hydrogens is 326 g/mol. The van der Waals surface area contributed by atoms with Crippen molar-refractivity contribution in [3.05, 3.63) is 12.2 Å². The zero-order valence-corrected chi connectivity index (χ0v) is 16.1. The van der Waals surface area contributed by atoms with E-state index in [1.165, 1.54) is 0 Å². The van der Waals surface area contributed by atoms with Gasteiger partial charge in [0.1, 0.15) is 13.2 Å². The molecular formula is C18H33NO6. The van der Waals surface area contributed by atoms with Gasteiger partial charge in [-0.15, -0.1) is 0 Å². The first-order valence-corrected chi connectivity index (χ1v) is 8.58. The van der Waals surface area contributed by atoms with Crippen LogP contribution in [0.15, 0.2) is 12.2 Å². The fraction of sp³-hybridized carbons (Fsp3) is 0.722. The minimum atomic E-state index is -0.225. The number of esters is 2. The molecule has 7 heteroatoms. The van der Waals surface area contributed by atoms with E-state index in [9.17, 15) is 14.4 Å². The van der Waals surface area contributed by atoms with E-state index in [0.717, 1.165) is 12.8 Å². The smallest absolute Gasteiger partial charge is 0.308 e. The third-order valence-corrected chi connectivity index (χ3v) is 3.38. The van der Waals surface area contributed by atoms with Crippen LogP contribution in [-0.4, -0.2) is 49.3 Å². The summed E-state index contributed by atoms with van der Waals surface area (Å²) in [5.41, 5.74) is 0.447. The summed E-state index contributed by atoms with van der Waals surface area (Å²) in [6.45, 7) is 13.1. The first-order valence-electron chi connectivity index (χ1n) is 8.58. The van der Waals surface area contributed by atoms with E-state index >= 15 is 0 Å². The number of carbonyl (C=O) groups is 3.